The minimum absolute atomic E-state index is 0.222. The zero-order valence-electron chi connectivity index (χ0n) is 12.7. The predicted molar refractivity (Wildman–Crippen MR) is 90.4 cm³/mol. The Bertz CT molecular complexity index is 853. The summed E-state index contributed by atoms with van der Waals surface area (Å²) < 4.78 is 2.44. The second kappa shape index (κ2) is 4.35. The SMILES string of the molecule is CC1CCC2=C(C1)N1C=CN=CC1c1cccc3ccn2c13. The Labute approximate surface area is 130 Å². The molecule has 0 saturated carbocycles. The number of rotatable bonds is 0. The van der Waals surface area contributed by atoms with Crippen LogP contribution in [0.4, 0.5) is 0 Å². The van der Waals surface area contributed by atoms with Crippen molar-refractivity contribution in [2.75, 3.05) is 0 Å². The highest BCUT2D eigenvalue weighted by Crippen LogP contribution is 2.44. The Morgan fingerprint density at radius 3 is 3.09 bits per heavy atom. The third kappa shape index (κ3) is 1.54. The molecule has 2 unspecified atom stereocenters. The Balaban J connectivity index is 1.87. The number of fused-ring (bicyclic) bond motifs is 4. The van der Waals surface area contributed by atoms with Gasteiger partial charge in [-0.2, -0.15) is 0 Å². The maximum absolute atomic E-state index is 4.43. The first-order valence-corrected chi connectivity index (χ1v) is 8.13. The van der Waals surface area contributed by atoms with Gasteiger partial charge in [0, 0.05) is 47.2 Å². The molecule has 2 aliphatic heterocycles. The van der Waals surface area contributed by atoms with E-state index >= 15 is 0 Å². The highest BCUT2D eigenvalue weighted by Gasteiger charge is 2.32. The van der Waals surface area contributed by atoms with E-state index < -0.39 is 0 Å². The lowest BCUT2D eigenvalue weighted by Gasteiger charge is -2.35. The van der Waals surface area contributed by atoms with Gasteiger partial charge in [0.15, 0.2) is 0 Å². The Morgan fingerprint density at radius 1 is 1.18 bits per heavy atom. The lowest BCUT2D eigenvalue weighted by molar-refractivity contribution is 0.364. The van der Waals surface area contributed by atoms with Crippen LogP contribution in [0, 0.1) is 5.92 Å². The largest absolute Gasteiger partial charge is 0.336 e. The summed E-state index contributed by atoms with van der Waals surface area (Å²) in [5.41, 5.74) is 5.67. The number of aliphatic imine (C=N–C) groups is 1. The van der Waals surface area contributed by atoms with Crippen molar-refractivity contribution < 1.29 is 0 Å². The number of benzene rings is 1. The van der Waals surface area contributed by atoms with E-state index in [9.17, 15) is 0 Å². The standard InChI is InChI=1S/C19H19N3/c1-13-5-6-16-17(11-13)21-10-8-20-12-18(21)15-4-2-3-14-7-9-22(16)19(14)15/h2-4,7-10,12-13,18H,5-6,11H2,1H3. The van der Waals surface area contributed by atoms with E-state index in [-0.39, 0.29) is 6.04 Å². The molecule has 5 rings (SSSR count). The lowest BCUT2D eigenvalue weighted by atomic mass is 9.90. The van der Waals surface area contributed by atoms with E-state index in [4.69, 9.17) is 0 Å². The summed E-state index contributed by atoms with van der Waals surface area (Å²) in [4.78, 5) is 6.87. The Hall–Kier alpha value is -2.29. The number of hydrogen-bond acceptors (Lipinski definition) is 2. The molecule has 3 aliphatic rings. The van der Waals surface area contributed by atoms with Crippen LogP contribution in [0.25, 0.3) is 16.6 Å². The van der Waals surface area contributed by atoms with Gasteiger partial charge < -0.3 is 9.47 Å². The quantitative estimate of drug-likeness (QED) is 0.697. The van der Waals surface area contributed by atoms with E-state index in [1.165, 1.54) is 34.3 Å². The van der Waals surface area contributed by atoms with Crippen LogP contribution in [0.15, 0.2) is 53.6 Å². The monoisotopic (exact) mass is 289 g/mol. The van der Waals surface area contributed by atoms with Crippen molar-refractivity contribution in [2.45, 2.75) is 32.2 Å². The van der Waals surface area contributed by atoms with Gasteiger partial charge in [-0.3, -0.25) is 4.99 Å². The van der Waals surface area contributed by atoms with Crippen molar-refractivity contribution in [3.05, 3.63) is 54.1 Å². The van der Waals surface area contributed by atoms with Gasteiger partial charge in [-0.1, -0.05) is 25.1 Å². The molecule has 0 fully saturated rings. The van der Waals surface area contributed by atoms with Crippen LogP contribution in [-0.4, -0.2) is 15.7 Å². The molecule has 1 aliphatic carbocycles. The molecule has 2 atom stereocenters. The average Bonchev–Trinajstić information content (AvgIpc) is 2.94. The van der Waals surface area contributed by atoms with E-state index in [0.29, 0.717) is 0 Å². The van der Waals surface area contributed by atoms with Gasteiger partial charge in [-0.25, -0.2) is 0 Å². The van der Waals surface area contributed by atoms with Gasteiger partial charge in [-0.05, 0) is 31.2 Å². The zero-order chi connectivity index (χ0) is 14.7. The average molecular weight is 289 g/mol. The maximum atomic E-state index is 4.43. The molecular weight excluding hydrogens is 270 g/mol. The molecule has 2 aromatic rings. The summed E-state index contributed by atoms with van der Waals surface area (Å²) in [5.74, 6) is 0.749. The topological polar surface area (TPSA) is 20.5 Å². The summed E-state index contributed by atoms with van der Waals surface area (Å²) in [6, 6.07) is 9.10. The first kappa shape index (κ1) is 12.3. The van der Waals surface area contributed by atoms with Gasteiger partial charge in [0.1, 0.15) is 0 Å². The maximum Gasteiger partial charge on any atom is 0.0959 e. The van der Waals surface area contributed by atoms with Crippen molar-refractivity contribution in [3.63, 3.8) is 0 Å². The first-order chi connectivity index (χ1) is 10.8. The number of hydrogen-bond donors (Lipinski definition) is 0. The smallest absolute Gasteiger partial charge is 0.0959 e. The molecule has 1 aromatic carbocycles. The third-order valence-electron chi connectivity index (χ3n) is 5.25. The van der Waals surface area contributed by atoms with Crippen LogP contribution in [-0.2, 0) is 0 Å². The molecule has 3 heteroatoms. The molecule has 110 valence electrons. The summed E-state index contributed by atoms with van der Waals surface area (Å²) in [5, 5.41) is 1.33. The van der Waals surface area contributed by atoms with Gasteiger partial charge in [0.05, 0.1) is 11.6 Å². The molecule has 0 amide bonds. The van der Waals surface area contributed by atoms with Gasteiger partial charge in [0.2, 0.25) is 0 Å². The second-order valence-electron chi connectivity index (χ2n) is 6.66. The van der Waals surface area contributed by atoms with Crippen molar-refractivity contribution in [1.82, 2.24) is 9.47 Å². The fraction of sp³-hybridized carbons (Fsp3) is 0.316. The van der Waals surface area contributed by atoms with Gasteiger partial charge in [0.25, 0.3) is 0 Å². The summed E-state index contributed by atoms with van der Waals surface area (Å²) in [6.07, 6.45) is 12.0. The van der Waals surface area contributed by atoms with Gasteiger partial charge in [-0.15, -0.1) is 0 Å². The number of para-hydroxylation sites is 1. The molecule has 3 nitrogen and oxygen atoms in total. The highest BCUT2D eigenvalue weighted by molar-refractivity contribution is 5.91. The molecule has 1 aromatic heterocycles. The molecule has 0 spiro atoms. The molecule has 0 bridgehead atoms. The van der Waals surface area contributed by atoms with Crippen LogP contribution in [0.5, 0.6) is 0 Å². The Kier molecular flexibility index (Phi) is 2.43. The molecule has 3 heterocycles. The minimum atomic E-state index is 0.222. The summed E-state index contributed by atoms with van der Waals surface area (Å²) in [7, 11) is 0. The zero-order valence-corrected chi connectivity index (χ0v) is 12.7. The van der Waals surface area contributed by atoms with Crippen molar-refractivity contribution in [2.24, 2.45) is 10.9 Å². The predicted octanol–water partition coefficient (Wildman–Crippen LogP) is 4.54. The van der Waals surface area contributed by atoms with Crippen LogP contribution >= 0.6 is 0 Å². The molecule has 0 radical (unpaired) electrons. The number of nitrogens with zero attached hydrogens (tertiary/aromatic N) is 3. The summed E-state index contributed by atoms with van der Waals surface area (Å²) in [6.45, 7) is 2.36. The fourth-order valence-electron chi connectivity index (χ4n) is 4.17. The van der Waals surface area contributed by atoms with Crippen molar-refractivity contribution in [3.8, 4) is 0 Å². The van der Waals surface area contributed by atoms with E-state index in [1.807, 2.05) is 6.20 Å². The van der Waals surface area contributed by atoms with E-state index in [1.54, 1.807) is 0 Å². The number of allylic oxidation sites excluding steroid dienone is 2. The van der Waals surface area contributed by atoms with Crippen molar-refractivity contribution in [1.29, 1.82) is 0 Å². The fourth-order valence-corrected chi connectivity index (χ4v) is 4.17. The van der Waals surface area contributed by atoms with Gasteiger partial charge >= 0.3 is 0 Å². The first-order valence-electron chi connectivity index (χ1n) is 8.13. The minimum Gasteiger partial charge on any atom is -0.336 e. The molecule has 0 saturated heterocycles. The van der Waals surface area contributed by atoms with Crippen LogP contribution < -0.4 is 0 Å². The lowest BCUT2D eigenvalue weighted by Crippen LogP contribution is -2.28. The normalized spacial score (nSPS) is 26.1. The van der Waals surface area contributed by atoms with E-state index in [0.717, 1.165) is 18.8 Å². The molecular formula is C19H19N3. The van der Waals surface area contributed by atoms with Crippen LogP contribution in [0.2, 0.25) is 0 Å². The summed E-state index contributed by atoms with van der Waals surface area (Å²) >= 11 is 0. The Morgan fingerprint density at radius 2 is 2.14 bits per heavy atom. The van der Waals surface area contributed by atoms with Crippen molar-refractivity contribution >= 4 is 22.8 Å². The highest BCUT2D eigenvalue weighted by atomic mass is 15.2. The van der Waals surface area contributed by atoms with E-state index in [2.05, 4.69) is 64.3 Å². The van der Waals surface area contributed by atoms with Crippen LogP contribution in [0.1, 0.15) is 37.8 Å². The number of aromatic nitrogens is 1. The molecule has 0 N–H and O–H groups in total. The molecule has 22 heavy (non-hydrogen) atoms. The second-order valence-corrected chi connectivity index (χ2v) is 6.66. The van der Waals surface area contributed by atoms with Crippen LogP contribution in [0.3, 0.4) is 0 Å². The third-order valence-corrected chi connectivity index (χ3v) is 5.25.